The van der Waals surface area contributed by atoms with Crippen molar-refractivity contribution in [1.82, 2.24) is 0 Å². The largest absolute Gasteiger partial charge is 0.508 e. The number of phenols is 3. The van der Waals surface area contributed by atoms with Gasteiger partial charge in [0, 0.05) is 17.7 Å². The van der Waals surface area contributed by atoms with Gasteiger partial charge >= 0.3 is 10.4 Å². The standard InChI is InChI=1S/C21H20O14S/c22-7-13-15(26)17(28)20(35-36(29,30)31)21(33-13)34-19-16(27)14-11(25)5-10(24)6-12(14)32-18(19)8-1-3-9(23)4-2-8/h1-6,13,15,17,20-26,28H,7H2,(H,29,30,31). The fraction of sp³-hybridized carbons (Fsp3) is 0.286. The average molecular weight is 528 g/mol. The van der Waals surface area contributed by atoms with E-state index in [1.165, 1.54) is 24.3 Å². The zero-order valence-electron chi connectivity index (χ0n) is 18.0. The number of benzene rings is 2. The maximum absolute atomic E-state index is 13.4. The summed E-state index contributed by atoms with van der Waals surface area (Å²) in [5.74, 6) is -2.32. The maximum atomic E-state index is 13.4. The molecule has 7 N–H and O–H groups in total. The molecule has 36 heavy (non-hydrogen) atoms. The van der Waals surface area contributed by atoms with E-state index in [2.05, 4.69) is 4.18 Å². The smallest absolute Gasteiger partial charge is 0.397 e. The number of ether oxygens (including phenoxy) is 2. The molecule has 0 bridgehead atoms. The molecule has 194 valence electrons. The highest BCUT2D eigenvalue weighted by atomic mass is 32.3. The molecule has 15 heteroatoms. The van der Waals surface area contributed by atoms with Gasteiger partial charge in [-0.3, -0.25) is 9.35 Å². The van der Waals surface area contributed by atoms with Crippen LogP contribution in [0.5, 0.6) is 23.0 Å². The maximum Gasteiger partial charge on any atom is 0.397 e. The van der Waals surface area contributed by atoms with Crippen molar-refractivity contribution in [2.45, 2.75) is 30.7 Å². The predicted molar refractivity (Wildman–Crippen MR) is 118 cm³/mol. The highest BCUT2D eigenvalue weighted by molar-refractivity contribution is 7.80. The summed E-state index contributed by atoms with van der Waals surface area (Å²) in [6.45, 7) is -0.867. The van der Waals surface area contributed by atoms with Crippen LogP contribution < -0.4 is 10.2 Å². The Hall–Kier alpha value is -3.44. The Morgan fingerprint density at radius 2 is 1.64 bits per heavy atom. The average Bonchev–Trinajstić information content (AvgIpc) is 2.79. The Kier molecular flexibility index (Phi) is 6.80. The summed E-state index contributed by atoms with van der Waals surface area (Å²) in [5, 5.41) is 59.1. The second kappa shape index (κ2) is 9.55. The first kappa shape index (κ1) is 25.6. The van der Waals surface area contributed by atoms with Crippen molar-refractivity contribution in [2.75, 3.05) is 6.61 Å². The molecule has 1 aliphatic heterocycles. The molecular weight excluding hydrogens is 508 g/mol. The van der Waals surface area contributed by atoms with E-state index in [1.54, 1.807) is 0 Å². The van der Waals surface area contributed by atoms with Crippen LogP contribution in [0.3, 0.4) is 0 Å². The molecule has 2 heterocycles. The minimum absolute atomic E-state index is 0.131. The second-order valence-electron chi connectivity index (χ2n) is 7.79. The first-order chi connectivity index (χ1) is 16.9. The molecule has 0 radical (unpaired) electrons. The third kappa shape index (κ3) is 4.93. The minimum Gasteiger partial charge on any atom is -0.508 e. The van der Waals surface area contributed by atoms with E-state index in [9.17, 15) is 43.9 Å². The number of aliphatic hydroxyl groups is 3. The Bertz CT molecular complexity index is 1430. The van der Waals surface area contributed by atoms with E-state index < -0.39 is 75.8 Å². The SMILES string of the molecule is O=c1c(OC2OC(CO)C(O)C(O)C2OS(=O)(=O)O)c(-c2ccc(O)cc2)oc2cc(O)cc(O)c12. The summed E-state index contributed by atoms with van der Waals surface area (Å²) >= 11 is 0. The molecule has 1 aliphatic rings. The molecule has 3 aromatic rings. The number of aromatic hydroxyl groups is 3. The molecular formula is C21H20O14S. The van der Waals surface area contributed by atoms with E-state index in [1.807, 2.05) is 0 Å². The monoisotopic (exact) mass is 528 g/mol. The van der Waals surface area contributed by atoms with Crippen molar-refractivity contribution < 1.29 is 61.7 Å². The topological polar surface area (TPSA) is 234 Å². The fourth-order valence-corrected chi connectivity index (χ4v) is 4.17. The van der Waals surface area contributed by atoms with Gasteiger partial charge in [0.15, 0.2) is 11.9 Å². The number of rotatable bonds is 6. The lowest BCUT2D eigenvalue weighted by Crippen LogP contribution is -2.61. The van der Waals surface area contributed by atoms with Crippen LogP contribution >= 0.6 is 0 Å². The molecule has 0 amide bonds. The van der Waals surface area contributed by atoms with E-state index in [0.717, 1.165) is 12.1 Å². The van der Waals surface area contributed by atoms with Crippen LogP contribution in [0.4, 0.5) is 0 Å². The van der Waals surface area contributed by atoms with Gasteiger partial charge in [0.1, 0.15) is 46.5 Å². The molecule has 5 atom stereocenters. The Balaban J connectivity index is 1.91. The van der Waals surface area contributed by atoms with Gasteiger partial charge in [0.2, 0.25) is 17.5 Å². The minimum atomic E-state index is -5.24. The van der Waals surface area contributed by atoms with Crippen molar-refractivity contribution in [2.24, 2.45) is 0 Å². The van der Waals surface area contributed by atoms with Crippen LogP contribution in [0.15, 0.2) is 45.6 Å². The van der Waals surface area contributed by atoms with Crippen molar-refractivity contribution >= 4 is 21.4 Å². The van der Waals surface area contributed by atoms with Crippen molar-refractivity contribution in [3.8, 4) is 34.3 Å². The second-order valence-corrected chi connectivity index (χ2v) is 8.84. The first-order valence-corrected chi connectivity index (χ1v) is 11.5. The van der Waals surface area contributed by atoms with Crippen LogP contribution in [0.2, 0.25) is 0 Å². The van der Waals surface area contributed by atoms with Crippen LogP contribution in [0.1, 0.15) is 0 Å². The van der Waals surface area contributed by atoms with Gasteiger partial charge in [-0.2, -0.15) is 8.42 Å². The molecule has 5 unspecified atom stereocenters. The molecule has 0 saturated carbocycles. The molecule has 0 spiro atoms. The van der Waals surface area contributed by atoms with E-state index in [-0.39, 0.29) is 22.7 Å². The number of phenolic OH excluding ortho intramolecular Hbond substituents is 3. The van der Waals surface area contributed by atoms with Crippen LogP contribution in [-0.4, -0.2) is 80.9 Å². The molecule has 1 aromatic heterocycles. The summed E-state index contributed by atoms with van der Waals surface area (Å²) in [5.41, 5.74) is -1.17. The van der Waals surface area contributed by atoms with Gasteiger partial charge in [-0.15, -0.1) is 0 Å². The first-order valence-electron chi connectivity index (χ1n) is 10.2. The lowest BCUT2D eigenvalue weighted by Gasteiger charge is -2.40. The van der Waals surface area contributed by atoms with Gasteiger partial charge in [-0.1, -0.05) is 0 Å². The Morgan fingerprint density at radius 3 is 2.25 bits per heavy atom. The number of hydrogen-bond acceptors (Lipinski definition) is 13. The van der Waals surface area contributed by atoms with Crippen molar-refractivity contribution in [1.29, 1.82) is 0 Å². The normalized spacial score (nSPS) is 24.6. The molecule has 2 aromatic carbocycles. The molecule has 14 nitrogen and oxygen atoms in total. The van der Waals surface area contributed by atoms with Crippen LogP contribution in [0.25, 0.3) is 22.3 Å². The highest BCUT2D eigenvalue weighted by Crippen LogP contribution is 2.37. The Labute approximate surface area is 201 Å². The summed E-state index contributed by atoms with van der Waals surface area (Å²) in [7, 11) is -5.24. The summed E-state index contributed by atoms with van der Waals surface area (Å²) in [6, 6.07) is 7.01. The zero-order valence-corrected chi connectivity index (χ0v) is 18.8. The third-order valence-electron chi connectivity index (χ3n) is 5.34. The fourth-order valence-electron chi connectivity index (χ4n) is 3.69. The summed E-state index contributed by atoms with van der Waals surface area (Å²) in [4.78, 5) is 13.4. The van der Waals surface area contributed by atoms with Crippen molar-refractivity contribution in [3.05, 3.63) is 46.6 Å². The lowest BCUT2D eigenvalue weighted by molar-refractivity contribution is -0.271. The number of hydrogen-bond donors (Lipinski definition) is 7. The van der Waals surface area contributed by atoms with E-state index >= 15 is 0 Å². The Morgan fingerprint density at radius 1 is 0.972 bits per heavy atom. The molecule has 1 fully saturated rings. The van der Waals surface area contributed by atoms with E-state index in [0.29, 0.717) is 0 Å². The molecule has 0 aliphatic carbocycles. The van der Waals surface area contributed by atoms with Gasteiger partial charge in [-0.25, -0.2) is 4.18 Å². The quantitative estimate of drug-likeness (QED) is 0.201. The van der Waals surface area contributed by atoms with Gasteiger partial charge < -0.3 is 44.5 Å². The number of fused-ring (bicyclic) bond motifs is 1. The van der Waals surface area contributed by atoms with Crippen molar-refractivity contribution in [3.63, 3.8) is 0 Å². The molecule has 1 saturated heterocycles. The highest BCUT2D eigenvalue weighted by Gasteiger charge is 2.49. The van der Waals surface area contributed by atoms with Gasteiger partial charge in [0.05, 0.1) is 6.61 Å². The van der Waals surface area contributed by atoms with E-state index in [4.69, 9.17) is 18.4 Å². The lowest BCUT2D eigenvalue weighted by atomic mass is 9.99. The third-order valence-corrected chi connectivity index (χ3v) is 5.80. The van der Waals surface area contributed by atoms with Crippen LogP contribution in [0, 0.1) is 0 Å². The predicted octanol–water partition coefficient (Wildman–Crippen LogP) is -0.417. The molecule has 4 rings (SSSR count). The van der Waals surface area contributed by atoms with Crippen LogP contribution in [-0.2, 0) is 19.3 Å². The van der Waals surface area contributed by atoms with Gasteiger partial charge in [0.25, 0.3) is 0 Å². The summed E-state index contributed by atoms with van der Waals surface area (Å²) in [6.07, 6.45) is -9.65. The zero-order chi connectivity index (χ0) is 26.4. The summed E-state index contributed by atoms with van der Waals surface area (Å²) < 4.78 is 52.8. The van der Waals surface area contributed by atoms with Gasteiger partial charge in [-0.05, 0) is 24.3 Å². The number of aliphatic hydroxyl groups excluding tert-OH is 3.